The fourth-order valence-electron chi connectivity index (χ4n) is 3.97. The summed E-state index contributed by atoms with van der Waals surface area (Å²) in [6, 6.07) is 1.73. The zero-order chi connectivity index (χ0) is 18.4. The molecule has 8 nitrogen and oxygen atoms in total. The fraction of sp³-hybridized carbons (Fsp3) is 0.526. The van der Waals surface area contributed by atoms with Crippen molar-refractivity contribution in [2.45, 2.75) is 38.1 Å². The van der Waals surface area contributed by atoms with E-state index in [-0.39, 0.29) is 5.56 Å². The molecule has 0 radical (unpaired) electrons. The van der Waals surface area contributed by atoms with Crippen LogP contribution in [0.15, 0.2) is 29.7 Å². The number of hydrogen-bond donors (Lipinski definition) is 0. The van der Waals surface area contributed by atoms with E-state index >= 15 is 0 Å². The highest BCUT2D eigenvalue weighted by Gasteiger charge is 2.26. The van der Waals surface area contributed by atoms with Crippen LogP contribution in [0.2, 0.25) is 0 Å². The first-order valence-corrected chi connectivity index (χ1v) is 9.63. The summed E-state index contributed by atoms with van der Waals surface area (Å²) in [5.41, 5.74) is 1.79. The van der Waals surface area contributed by atoms with Gasteiger partial charge in [0.25, 0.3) is 5.56 Å². The molecule has 0 bridgehead atoms. The Kier molecular flexibility index (Phi) is 3.91. The summed E-state index contributed by atoms with van der Waals surface area (Å²) in [4.78, 5) is 27.9. The highest BCUT2D eigenvalue weighted by atomic mass is 16.1. The molecular formula is C19H23N7O. The molecule has 1 aliphatic carbocycles. The number of aryl methyl sites for hydroxylation is 1. The van der Waals surface area contributed by atoms with E-state index in [4.69, 9.17) is 0 Å². The summed E-state index contributed by atoms with van der Waals surface area (Å²) in [5.74, 6) is 1.96. The monoisotopic (exact) mass is 365 g/mol. The van der Waals surface area contributed by atoms with Gasteiger partial charge >= 0.3 is 0 Å². The van der Waals surface area contributed by atoms with Crippen LogP contribution in [0, 0.1) is 5.92 Å². The number of rotatable bonds is 4. The first-order valence-electron chi connectivity index (χ1n) is 9.63. The first kappa shape index (κ1) is 16.4. The molecule has 0 unspecified atom stereocenters. The Morgan fingerprint density at radius 3 is 2.67 bits per heavy atom. The lowest BCUT2D eigenvalue weighted by Crippen LogP contribution is -2.37. The van der Waals surface area contributed by atoms with Crippen LogP contribution in [0.5, 0.6) is 0 Å². The van der Waals surface area contributed by atoms with E-state index in [0.717, 1.165) is 55.0 Å². The number of nitrogens with zero attached hydrogens (tertiary/aromatic N) is 7. The minimum absolute atomic E-state index is 0.0854. The van der Waals surface area contributed by atoms with Crippen molar-refractivity contribution in [3.05, 3.63) is 41.0 Å². The molecule has 2 aliphatic rings. The Labute approximate surface area is 156 Å². The van der Waals surface area contributed by atoms with Crippen LogP contribution in [0.4, 0.5) is 5.82 Å². The van der Waals surface area contributed by atoms with Crippen LogP contribution in [0.3, 0.4) is 0 Å². The van der Waals surface area contributed by atoms with Crippen molar-refractivity contribution in [2.24, 2.45) is 13.0 Å². The van der Waals surface area contributed by atoms with E-state index in [1.54, 1.807) is 28.0 Å². The van der Waals surface area contributed by atoms with Gasteiger partial charge in [0.1, 0.15) is 12.1 Å². The van der Waals surface area contributed by atoms with Crippen LogP contribution < -0.4 is 10.5 Å². The van der Waals surface area contributed by atoms with Gasteiger partial charge in [0.05, 0.1) is 17.4 Å². The third-order valence-electron chi connectivity index (χ3n) is 5.68. The fourth-order valence-corrected chi connectivity index (χ4v) is 3.97. The van der Waals surface area contributed by atoms with E-state index in [1.165, 1.54) is 12.8 Å². The normalized spacial score (nSPS) is 18.3. The molecule has 1 aliphatic heterocycles. The summed E-state index contributed by atoms with van der Waals surface area (Å²) in [5, 5.41) is 5.36. The Morgan fingerprint density at radius 1 is 1.11 bits per heavy atom. The minimum Gasteiger partial charge on any atom is -0.356 e. The van der Waals surface area contributed by atoms with E-state index in [1.807, 2.05) is 13.2 Å². The van der Waals surface area contributed by atoms with Crippen molar-refractivity contribution >= 4 is 16.9 Å². The molecule has 0 N–H and O–H groups in total. The molecule has 3 aromatic heterocycles. The molecule has 5 rings (SSSR count). The van der Waals surface area contributed by atoms with Crippen molar-refractivity contribution in [1.29, 1.82) is 0 Å². The quantitative estimate of drug-likeness (QED) is 0.700. The largest absolute Gasteiger partial charge is 0.356 e. The molecule has 1 saturated heterocycles. The molecule has 140 valence electrons. The predicted octanol–water partition coefficient (Wildman–Crippen LogP) is 1.71. The van der Waals surface area contributed by atoms with Gasteiger partial charge in [0.2, 0.25) is 0 Å². The van der Waals surface area contributed by atoms with E-state index in [2.05, 4.69) is 25.0 Å². The molecule has 4 heterocycles. The molecule has 8 heteroatoms. The average molecular weight is 365 g/mol. The summed E-state index contributed by atoms with van der Waals surface area (Å²) >= 11 is 0. The highest BCUT2D eigenvalue weighted by molar-refractivity contribution is 5.86. The molecular weight excluding hydrogens is 342 g/mol. The van der Waals surface area contributed by atoms with Gasteiger partial charge in [-0.2, -0.15) is 5.10 Å². The Hall–Kier alpha value is -2.77. The maximum absolute atomic E-state index is 12.4. The van der Waals surface area contributed by atoms with Crippen LogP contribution in [-0.4, -0.2) is 42.4 Å². The Morgan fingerprint density at radius 2 is 1.93 bits per heavy atom. The number of fused-ring (bicyclic) bond motifs is 1. The highest BCUT2D eigenvalue weighted by Crippen LogP contribution is 2.38. The van der Waals surface area contributed by atoms with Crippen LogP contribution in [0.25, 0.3) is 11.0 Å². The molecule has 0 aromatic carbocycles. The summed E-state index contributed by atoms with van der Waals surface area (Å²) < 4.78 is 3.55. The lowest BCUT2D eigenvalue weighted by atomic mass is 9.96. The van der Waals surface area contributed by atoms with E-state index in [0.29, 0.717) is 11.8 Å². The first-order chi connectivity index (χ1) is 13.2. The van der Waals surface area contributed by atoms with Gasteiger partial charge in [-0.3, -0.25) is 14.0 Å². The standard InChI is InChI=1S/C19H23N7O/c1-24-10-15-18(23-24)20-11-21-19(15)25-6-4-13(5-7-25)9-26-12-22-16(8-17(26)27)14-2-3-14/h8,10-14H,2-7,9H2,1H3. The molecule has 0 amide bonds. The van der Waals surface area contributed by atoms with Gasteiger partial charge < -0.3 is 4.90 Å². The van der Waals surface area contributed by atoms with Crippen molar-refractivity contribution in [3.8, 4) is 0 Å². The Balaban J connectivity index is 1.27. The topological polar surface area (TPSA) is 81.7 Å². The van der Waals surface area contributed by atoms with Crippen LogP contribution in [0.1, 0.15) is 37.3 Å². The molecule has 0 spiro atoms. The zero-order valence-electron chi connectivity index (χ0n) is 15.5. The van der Waals surface area contributed by atoms with Crippen molar-refractivity contribution in [2.75, 3.05) is 18.0 Å². The molecule has 27 heavy (non-hydrogen) atoms. The summed E-state index contributed by atoms with van der Waals surface area (Å²) in [7, 11) is 1.90. The minimum atomic E-state index is 0.0854. The second-order valence-corrected chi connectivity index (χ2v) is 7.75. The summed E-state index contributed by atoms with van der Waals surface area (Å²) in [6.45, 7) is 2.60. The van der Waals surface area contributed by atoms with Crippen molar-refractivity contribution in [1.82, 2.24) is 29.3 Å². The molecule has 3 aromatic rings. The summed E-state index contributed by atoms with van der Waals surface area (Å²) in [6.07, 6.45) is 9.70. The van der Waals surface area contributed by atoms with Gasteiger partial charge in [0, 0.05) is 44.9 Å². The van der Waals surface area contributed by atoms with Gasteiger partial charge in [-0.15, -0.1) is 0 Å². The zero-order valence-corrected chi connectivity index (χ0v) is 15.5. The third kappa shape index (κ3) is 3.20. The maximum atomic E-state index is 12.4. The predicted molar refractivity (Wildman–Crippen MR) is 102 cm³/mol. The smallest absolute Gasteiger partial charge is 0.253 e. The van der Waals surface area contributed by atoms with Gasteiger partial charge in [-0.05, 0) is 31.6 Å². The number of aromatic nitrogens is 6. The van der Waals surface area contributed by atoms with Gasteiger partial charge in [0.15, 0.2) is 5.65 Å². The lowest BCUT2D eigenvalue weighted by Gasteiger charge is -2.33. The number of piperidine rings is 1. The number of anilines is 1. The van der Waals surface area contributed by atoms with E-state index in [9.17, 15) is 4.79 Å². The van der Waals surface area contributed by atoms with E-state index < -0.39 is 0 Å². The van der Waals surface area contributed by atoms with Gasteiger partial charge in [-0.25, -0.2) is 15.0 Å². The van der Waals surface area contributed by atoms with Gasteiger partial charge in [-0.1, -0.05) is 0 Å². The number of hydrogen-bond acceptors (Lipinski definition) is 6. The second kappa shape index (κ2) is 6.44. The van der Waals surface area contributed by atoms with Crippen molar-refractivity contribution < 1.29 is 0 Å². The SMILES string of the molecule is Cn1cc2c(N3CCC(Cn4cnc(C5CC5)cc4=O)CC3)ncnc2n1. The second-order valence-electron chi connectivity index (χ2n) is 7.75. The third-order valence-corrected chi connectivity index (χ3v) is 5.68. The average Bonchev–Trinajstić information content (AvgIpc) is 3.44. The molecule has 2 fully saturated rings. The lowest BCUT2D eigenvalue weighted by molar-refractivity contribution is 0.350. The van der Waals surface area contributed by atoms with Crippen LogP contribution in [-0.2, 0) is 13.6 Å². The van der Waals surface area contributed by atoms with Crippen molar-refractivity contribution in [3.63, 3.8) is 0 Å². The molecule has 0 atom stereocenters. The molecule has 1 saturated carbocycles. The van der Waals surface area contributed by atoms with Crippen LogP contribution >= 0.6 is 0 Å². The Bertz CT molecular complexity index is 1030. The maximum Gasteiger partial charge on any atom is 0.253 e.